The molecule has 0 heterocycles. The van der Waals surface area contributed by atoms with Gasteiger partial charge in [-0.15, -0.1) is 0 Å². The predicted molar refractivity (Wildman–Crippen MR) is 155 cm³/mol. The number of halogens is 2. The van der Waals surface area contributed by atoms with Gasteiger partial charge in [0.1, 0.15) is 5.82 Å². The predicted octanol–water partition coefficient (Wildman–Crippen LogP) is 7.19. The first kappa shape index (κ1) is 30.8. The number of ether oxygens (including phenoxy) is 1. The second-order valence-corrected chi connectivity index (χ2v) is 12.1. The Morgan fingerprint density at radius 1 is 1.05 bits per heavy atom. The van der Waals surface area contributed by atoms with Crippen molar-refractivity contribution in [2.45, 2.75) is 71.1 Å². The first-order valence-corrected chi connectivity index (χ1v) is 13.5. The fourth-order valence-corrected chi connectivity index (χ4v) is 4.79. The van der Waals surface area contributed by atoms with E-state index in [1.165, 1.54) is 6.07 Å². The second kappa shape index (κ2) is 12.6. The Bertz CT molecular complexity index is 1300. The van der Waals surface area contributed by atoms with Crippen molar-refractivity contribution in [3.63, 3.8) is 0 Å². The molecule has 0 saturated heterocycles. The third kappa shape index (κ3) is 8.36. The smallest absolute Gasteiger partial charge is 0.335 e. The summed E-state index contributed by atoms with van der Waals surface area (Å²) in [4.78, 5) is 11.8. The summed E-state index contributed by atoms with van der Waals surface area (Å²) < 4.78 is 20.3. The number of carbonyl (C=O) groups is 1. The van der Waals surface area contributed by atoms with Gasteiger partial charge in [0.25, 0.3) is 0 Å². The maximum atomic E-state index is 14.2. The van der Waals surface area contributed by atoms with Crippen molar-refractivity contribution in [2.75, 3.05) is 13.2 Å². The molecule has 0 saturated carbocycles. The molecular weight excluding hydrogens is 517 g/mol. The van der Waals surface area contributed by atoms with Gasteiger partial charge in [-0.3, -0.25) is 0 Å². The summed E-state index contributed by atoms with van der Waals surface area (Å²) in [6, 6.07) is 17.9. The van der Waals surface area contributed by atoms with E-state index in [4.69, 9.17) is 16.3 Å². The zero-order valence-corrected chi connectivity index (χ0v) is 24.3. The number of aromatic carboxylic acids is 1. The van der Waals surface area contributed by atoms with Gasteiger partial charge in [0, 0.05) is 17.1 Å². The van der Waals surface area contributed by atoms with Gasteiger partial charge >= 0.3 is 5.97 Å². The lowest BCUT2D eigenvalue weighted by Gasteiger charge is -2.28. The zero-order valence-electron chi connectivity index (χ0n) is 23.5. The van der Waals surface area contributed by atoms with E-state index in [9.17, 15) is 19.4 Å². The van der Waals surface area contributed by atoms with Crippen LogP contribution >= 0.6 is 11.6 Å². The maximum absolute atomic E-state index is 14.2. The van der Waals surface area contributed by atoms with Crippen LogP contribution in [0.3, 0.4) is 0 Å². The molecular formula is C32H39ClFNO4. The standard InChI is InChI=1S/C32H39ClFNO4/c1-20(39-19-24(36)18-35-32(5,6)17-22-11-13-23(33)16-29(22)34)25-9-7-8-10-26(25)21-12-14-27(30(37)38)28(15-21)31(2,3)4/h7-16,20,24,35-36H,17-19H2,1-6H3,(H,37,38)/t20?,24-/m0/s1. The minimum Gasteiger partial charge on any atom is -0.478 e. The van der Waals surface area contributed by atoms with E-state index < -0.39 is 17.6 Å². The number of carboxylic acids is 1. The number of carboxylic acid groups (broad SMARTS) is 1. The SMILES string of the molecule is CC(OC[C@@H](O)CNC(C)(C)Cc1ccc(Cl)cc1F)c1ccccc1-c1ccc(C(=O)O)c(C(C)(C)C)c1. The Kier molecular flexibility index (Phi) is 9.94. The van der Waals surface area contributed by atoms with Gasteiger partial charge in [-0.1, -0.05) is 68.8 Å². The summed E-state index contributed by atoms with van der Waals surface area (Å²) in [7, 11) is 0. The molecule has 210 valence electrons. The number of β-amino-alcohol motifs (C(OH)–C–C–N with tert-alkyl or cyclic N) is 1. The maximum Gasteiger partial charge on any atom is 0.335 e. The van der Waals surface area contributed by atoms with Crippen molar-refractivity contribution in [1.82, 2.24) is 5.32 Å². The van der Waals surface area contributed by atoms with Gasteiger partial charge < -0.3 is 20.3 Å². The Morgan fingerprint density at radius 2 is 1.74 bits per heavy atom. The Hall–Kier alpha value is -2.77. The van der Waals surface area contributed by atoms with Crippen LogP contribution in [0.1, 0.15) is 74.7 Å². The highest BCUT2D eigenvalue weighted by Gasteiger charge is 2.24. The third-order valence-corrected chi connectivity index (χ3v) is 7.01. The monoisotopic (exact) mass is 555 g/mol. The lowest BCUT2D eigenvalue weighted by atomic mass is 9.81. The molecule has 7 heteroatoms. The highest BCUT2D eigenvalue weighted by molar-refractivity contribution is 6.30. The lowest BCUT2D eigenvalue weighted by molar-refractivity contribution is -0.00398. The summed E-state index contributed by atoms with van der Waals surface area (Å²) in [5.74, 6) is -1.29. The minimum atomic E-state index is -0.944. The average Bonchev–Trinajstić information content (AvgIpc) is 2.87. The molecule has 0 aliphatic carbocycles. The van der Waals surface area contributed by atoms with Crippen LogP contribution in [0.5, 0.6) is 0 Å². The van der Waals surface area contributed by atoms with Crippen LogP contribution in [0.25, 0.3) is 11.1 Å². The first-order chi connectivity index (χ1) is 18.2. The Balaban J connectivity index is 1.67. The first-order valence-electron chi connectivity index (χ1n) is 13.1. The van der Waals surface area contributed by atoms with Crippen molar-refractivity contribution >= 4 is 17.6 Å². The highest BCUT2D eigenvalue weighted by atomic mass is 35.5. The minimum absolute atomic E-state index is 0.110. The molecule has 3 N–H and O–H groups in total. The number of hydrogen-bond acceptors (Lipinski definition) is 4. The lowest BCUT2D eigenvalue weighted by Crippen LogP contribution is -2.46. The number of aliphatic hydroxyl groups is 1. The molecule has 0 spiro atoms. The molecule has 1 unspecified atom stereocenters. The number of rotatable bonds is 11. The number of benzene rings is 3. The van der Waals surface area contributed by atoms with E-state index in [2.05, 4.69) is 5.32 Å². The van der Waals surface area contributed by atoms with Gasteiger partial charge in [0.15, 0.2) is 0 Å². The van der Waals surface area contributed by atoms with Crippen molar-refractivity contribution < 1.29 is 24.1 Å². The fourth-order valence-electron chi connectivity index (χ4n) is 4.64. The Morgan fingerprint density at radius 3 is 2.38 bits per heavy atom. The quantitative estimate of drug-likeness (QED) is 0.233. The molecule has 39 heavy (non-hydrogen) atoms. The number of nitrogens with one attached hydrogen (secondary N) is 1. The molecule has 2 atom stereocenters. The van der Waals surface area contributed by atoms with E-state index in [1.807, 2.05) is 77.9 Å². The van der Waals surface area contributed by atoms with Crippen molar-refractivity contribution in [3.8, 4) is 11.1 Å². The van der Waals surface area contributed by atoms with Gasteiger partial charge in [0.2, 0.25) is 0 Å². The van der Waals surface area contributed by atoms with E-state index in [-0.39, 0.29) is 30.5 Å². The zero-order chi connectivity index (χ0) is 29.0. The number of aliphatic hydroxyl groups excluding tert-OH is 1. The van der Waals surface area contributed by atoms with Gasteiger partial charge in [-0.25, -0.2) is 9.18 Å². The molecule has 3 rings (SSSR count). The molecule has 3 aromatic rings. The molecule has 0 aromatic heterocycles. The molecule has 0 aliphatic rings. The summed E-state index contributed by atoms with van der Waals surface area (Å²) >= 11 is 5.86. The largest absolute Gasteiger partial charge is 0.478 e. The van der Waals surface area contributed by atoms with E-state index in [0.717, 1.165) is 22.3 Å². The fraction of sp³-hybridized carbons (Fsp3) is 0.406. The summed E-state index contributed by atoms with van der Waals surface area (Å²) in [6.45, 7) is 12.2. The van der Waals surface area contributed by atoms with Gasteiger partial charge in [-0.2, -0.15) is 0 Å². The van der Waals surface area contributed by atoms with Crippen molar-refractivity contribution in [2.24, 2.45) is 0 Å². The van der Waals surface area contributed by atoms with Gasteiger partial charge in [-0.05, 0) is 84.7 Å². The van der Waals surface area contributed by atoms with E-state index >= 15 is 0 Å². The molecule has 5 nitrogen and oxygen atoms in total. The van der Waals surface area contributed by atoms with Crippen LogP contribution in [0.4, 0.5) is 4.39 Å². The van der Waals surface area contributed by atoms with Crippen LogP contribution in [0, 0.1) is 5.82 Å². The van der Waals surface area contributed by atoms with Crippen LogP contribution in [0.15, 0.2) is 60.7 Å². The van der Waals surface area contributed by atoms with E-state index in [1.54, 1.807) is 18.2 Å². The Labute approximate surface area is 236 Å². The second-order valence-electron chi connectivity index (χ2n) is 11.7. The van der Waals surface area contributed by atoms with E-state index in [0.29, 0.717) is 22.6 Å². The molecule has 0 radical (unpaired) electrons. The highest BCUT2D eigenvalue weighted by Crippen LogP contribution is 2.35. The average molecular weight is 556 g/mol. The molecule has 0 aliphatic heterocycles. The topological polar surface area (TPSA) is 78.8 Å². The normalized spacial score (nSPS) is 13.8. The van der Waals surface area contributed by atoms with Crippen LogP contribution in [-0.2, 0) is 16.6 Å². The summed E-state index contributed by atoms with van der Waals surface area (Å²) in [6.07, 6.45) is -0.648. The molecule has 0 amide bonds. The van der Waals surface area contributed by atoms with Crippen molar-refractivity contribution in [1.29, 1.82) is 0 Å². The molecule has 3 aromatic carbocycles. The summed E-state index contributed by atoms with van der Waals surface area (Å²) in [5, 5.41) is 24.0. The van der Waals surface area contributed by atoms with Crippen LogP contribution in [0.2, 0.25) is 5.02 Å². The third-order valence-electron chi connectivity index (χ3n) is 6.77. The summed E-state index contributed by atoms with van der Waals surface area (Å²) in [5.41, 5.74) is 3.62. The molecule has 0 bridgehead atoms. The van der Waals surface area contributed by atoms with Gasteiger partial charge in [0.05, 0.1) is 24.4 Å². The van der Waals surface area contributed by atoms with Crippen molar-refractivity contribution in [3.05, 3.63) is 93.8 Å². The van der Waals surface area contributed by atoms with Crippen LogP contribution in [-0.4, -0.2) is 41.0 Å². The number of hydrogen-bond donors (Lipinski definition) is 3. The molecule has 0 fully saturated rings. The van der Waals surface area contributed by atoms with Crippen LogP contribution < -0.4 is 5.32 Å².